The molecule has 0 aliphatic rings. The lowest BCUT2D eigenvalue weighted by Crippen LogP contribution is -2.60. The molecule has 200 valence electrons. The molecule has 0 heterocycles. The van der Waals surface area contributed by atoms with Gasteiger partial charge in [-0.05, 0) is 6.42 Å². The molecule has 0 fully saturated rings. The van der Waals surface area contributed by atoms with E-state index in [0.29, 0.717) is 12.8 Å². The highest BCUT2D eigenvalue weighted by Gasteiger charge is 2.81. The van der Waals surface area contributed by atoms with E-state index in [0.717, 1.165) is 25.7 Å². The van der Waals surface area contributed by atoms with E-state index < -0.39 is 36.8 Å². The molecular weight excluding hydrogens is 459 g/mol. The molecule has 0 bridgehead atoms. The highest BCUT2D eigenvalue weighted by atomic mass is 19.4. The lowest BCUT2D eigenvalue weighted by atomic mass is 9.97. The van der Waals surface area contributed by atoms with Crippen molar-refractivity contribution in [2.24, 2.45) is 0 Å². The normalized spacial score (nSPS) is 13.6. The fourth-order valence-corrected chi connectivity index (χ4v) is 3.81. The first-order chi connectivity index (χ1) is 15.3. The summed E-state index contributed by atoms with van der Waals surface area (Å²) in [6, 6.07) is 0. The molecule has 0 nitrogen and oxygen atoms in total. The fourth-order valence-electron chi connectivity index (χ4n) is 3.81. The molecule has 9 heteroatoms. The van der Waals surface area contributed by atoms with Crippen LogP contribution in [0.4, 0.5) is 39.5 Å². The number of alkyl halides is 9. The van der Waals surface area contributed by atoms with Crippen LogP contribution in [0.15, 0.2) is 0 Å². The summed E-state index contributed by atoms with van der Waals surface area (Å²) in [6.07, 6.45) is 9.09. The van der Waals surface area contributed by atoms with Crippen molar-refractivity contribution in [1.29, 1.82) is 0 Å². The van der Waals surface area contributed by atoms with Crippen LogP contribution in [-0.4, -0.2) is 23.9 Å². The molecule has 0 saturated carbocycles. The molecule has 0 rings (SSSR count). The van der Waals surface area contributed by atoms with Crippen molar-refractivity contribution < 1.29 is 39.5 Å². The van der Waals surface area contributed by atoms with Crippen LogP contribution in [0.1, 0.15) is 129 Å². The molecule has 0 aromatic carbocycles. The van der Waals surface area contributed by atoms with Crippen molar-refractivity contribution in [3.05, 3.63) is 0 Å². The minimum Gasteiger partial charge on any atom is -0.200 e. The molecule has 0 radical (unpaired) electrons. The predicted molar refractivity (Wildman–Crippen MR) is 114 cm³/mol. The van der Waals surface area contributed by atoms with E-state index in [-0.39, 0.29) is 6.42 Å². The predicted octanol–water partition coefficient (Wildman–Crippen LogP) is 10.9. The Morgan fingerprint density at radius 3 is 0.909 bits per heavy atom. The first-order valence-corrected chi connectivity index (χ1v) is 12.5. The first kappa shape index (κ1) is 32.4. The van der Waals surface area contributed by atoms with E-state index in [1.54, 1.807) is 0 Å². The molecule has 0 aromatic heterocycles. The van der Waals surface area contributed by atoms with Crippen LogP contribution in [0.2, 0.25) is 0 Å². The van der Waals surface area contributed by atoms with Crippen LogP contribution in [0.5, 0.6) is 0 Å². The largest absolute Gasteiger partial charge is 0.460 e. The number of halogens is 9. The molecule has 0 amide bonds. The van der Waals surface area contributed by atoms with Crippen LogP contribution in [0, 0.1) is 0 Å². The van der Waals surface area contributed by atoms with Crippen LogP contribution in [0.3, 0.4) is 0 Å². The third-order valence-corrected chi connectivity index (χ3v) is 6.05. The highest BCUT2D eigenvalue weighted by molar-refractivity contribution is 5.00. The van der Waals surface area contributed by atoms with Gasteiger partial charge >= 0.3 is 23.9 Å². The summed E-state index contributed by atoms with van der Waals surface area (Å²) in [5, 5.41) is 0. The molecule has 0 aromatic rings. The third-order valence-electron chi connectivity index (χ3n) is 6.05. The van der Waals surface area contributed by atoms with Gasteiger partial charge in [-0.15, -0.1) is 0 Å². The van der Waals surface area contributed by atoms with E-state index in [1.165, 1.54) is 64.2 Å². The van der Waals surface area contributed by atoms with Crippen molar-refractivity contribution in [1.82, 2.24) is 0 Å². The maximum absolute atomic E-state index is 13.4. The van der Waals surface area contributed by atoms with Gasteiger partial charge in [-0.3, -0.25) is 0 Å². The summed E-state index contributed by atoms with van der Waals surface area (Å²) in [4.78, 5) is 0. The molecule has 33 heavy (non-hydrogen) atoms. The van der Waals surface area contributed by atoms with Gasteiger partial charge in [0.15, 0.2) is 0 Å². The second kappa shape index (κ2) is 16.1. The maximum Gasteiger partial charge on any atom is 0.460 e. The van der Waals surface area contributed by atoms with Crippen LogP contribution >= 0.6 is 0 Å². The Morgan fingerprint density at radius 2 is 0.636 bits per heavy atom. The summed E-state index contributed by atoms with van der Waals surface area (Å²) >= 11 is 0. The average molecular weight is 501 g/mol. The number of rotatable bonds is 21. The molecule has 0 unspecified atom stereocenters. The van der Waals surface area contributed by atoms with E-state index in [1.807, 2.05) is 0 Å². The van der Waals surface area contributed by atoms with Crippen molar-refractivity contribution in [2.45, 2.75) is 153 Å². The summed E-state index contributed by atoms with van der Waals surface area (Å²) < 4.78 is 115. The van der Waals surface area contributed by atoms with Gasteiger partial charge in [0, 0.05) is 6.42 Å². The number of hydrogen-bond acceptors (Lipinski definition) is 0. The van der Waals surface area contributed by atoms with Crippen LogP contribution in [0.25, 0.3) is 0 Å². The van der Waals surface area contributed by atoms with Gasteiger partial charge in [-0.25, -0.2) is 0 Å². The second-order valence-electron chi connectivity index (χ2n) is 9.11. The lowest BCUT2D eigenvalue weighted by molar-refractivity contribution is -0.396. The van der Waals surface area contributed by atoms with Gasteiger partial charge in [-0.1, -0.05) is 116 Å². The Kier molecular flexibility index (Phi) is 15.8. The monoisotopic (exact) mass is 500 g/mol. The summed E-state index contributed by atoms with van der Waals surface area (Å²) in [5.41, 5.74) is 0. The van der Waals surface area contributed by atoms with E-state index >= 15 is 0 Å². The minimum absolute atomic E-state index is 0.0850. The van der Waals surface area contributed by atoms with Crippen molar-refractivity contribution in [2.75, 3.05) is 0 Å². The van der Waals surface area contributed by atoms with Gasteiger partial charge < -0.3 is 0 Å². The second-order valence-corrected chi connectivity index (χ2v) is 9.11. The standard InChI is InChI=1S/C24H41F9/c1-2-3-4-5-6-7-8-9-10-11-12-13-14-15-16-17-18-19-20-21(25,26)22(27,28)23(29,30)24(31,32)33/h2-20H2,1H3. The zero-order valence-electron chi connectivity index (χ0n) is 19.8. The van der Waals surface area contributed by atoms with E-state index in [2.05, 4.69) is 6.92 Å². The lowest BCUT2D eigenvalue weighted by Gasteiger charge is -2.33. The molecule has 0 N–H and O–H groups in total. The van der Waals surface area contributed by atoms with Gasteiger partial charge in [0.1, 0.15) is 0 Å². The molecular formula is C24H41F9. The van der Waals surface area contributed by atoms with Gasteiger partial charge in [-0.2, -0.15) is 39.5 Å². The number of hydrogen-bond donors (Lipinski definition) is 0. The van der Waals surface area contributed by atoms with Crippen molar-refractivity contribution >= 4 is 0 Å². The van der Waals surface area contributed by atoms with E-state index in [4.69, 9.17) is 0 Å². The van der Waals surface area contributed by atoms with Gasteiger partial charge in [0.05, 0.1) is 0 Å². The maximum atomic E-state index is 13.4. The molecule has 0 spiro atoms. The van der Waals surface area contributed by atoms with Crippen LogP contribution in [-0.2, 0) is 0 Å². The fraction of sp³-hybridized carbons (Fsp3) is 1.00. The molecule has 0 aliphatic carbocycles. The molecule has 0 atom stereocenters. The SMILES string of the molecule is CCCCCCCCCCCCCCCCCCCCC(F)(F)C(F)(F)C(F)(F)C(F)(F)F. The smallest absolute Gasteiger partial charge is 0.200 e. The van der Waals surface area contributed by atoms with Gasteiger partial charge in [0.2, 0.25) is 0 Å². The zero-order valence-corrected chi connectivity index (χ0v) is 19.8. The molecule has 0 aliphatic heterocycles. The van der Waals surface area contributed by atoms with E-state index in [9.17, 15) is 39.5 Å². The quantitative estimate of drug-likeness (QED) is 0.109. The third kappa shape index (κ3) is 12.1. The average Bonchev–Trinajstić information content (AvgIpc) is 2.71. The topological polar surface area (TPSA) is 0 Å². The number of unbranched alkanes of at least 4 members (excludes halogenated alkanes) is 17. The Balaban J connectivity index is 3.69. The van der Waals surface area contributed by atoms with Crippen molar-refractivity contribution in [3.8, 4) is 0 Å². The summed E-state index contributed by atoms with van der Waals surface area (Å²) in [7, 11) is 0. The van der Waals surface area contributed by atoms with Crippen molar-refractivity contribution in [3.63, 3.8) is 0 Å². The Hall–Kier alpha value is -0.630. The van der Waals surface area contributed by atoms with Gasteiger partial charge in [0.25, 0.3) is 0 Å². The molecule has 0 saturated heterocycles. The Morgan fingerprint density at radius 1 is 0.364 bits per heavy atom. The van der Waals surface area contributed by atoms with Crippen LogP contribution < -0.4 is 0 Å². The first-order valence-electron chi connectivity index (χ1n) is 12.5. The Bertz CT molecular complexity index is 473. The zero-order chi connectivity index (χ0) is 25.4. The highest BCUT2D eigenvalue weighted by Crippen LogP contribution is 2.54. The summed E-state index contributed by atoms with van der Waals surface area (Å²) in [5.74, 6) is -18.7. The minimum atomic E-state index is -6.78. The Labute approximate surface area is 193 Å². The summed E-state index contributed by atoms with van der Waals surface area (Å²) in [6.45, 7) is 2.21.